The molecule has 0 radical (unpaired) electrons. The number of benzene rings is 4. The van der Waals surface area contributed by atoms with Crippen LogP contribution in [0.5, 0.6) is 34.5 Å². The van der Waals surface area contributed by atoms with E-state index in [9.17, 15) is 9.59 Å². The first-order chi connectivity index (χ1) is 21.9. The molecule has 4 aromatic rings. The average Bonchev–Trinajstić information content (AvgIpc) is 3.08. The second-order valence-electron chi connectivity index (χ2n) is 9.85. The van der Waals surface area contributed by atoms with Gasteiger partial charge < -0.3 is 38.9 Å². The number of amides is 2. The molecule has 0 aliphatic rings. The third kappa shape index (κ3) is 9.33. The van der Waals surface area contributed by atoms with E-state index >= 15 is 0 Å². The maximum absolute atomic E-state index is 12.8. The van der Waals surface area contributed by atoms with Gasteiger partial charge in [-0.05, 0) is 72.5 Å². The van der Waals surface area contributed by atoms with Crippen molar-refractivity contribution in [3.63, 3.8) is 0 Å². The summed E-state index contributed by atoms with van der Waals surface area (Å²) < 4.78 is 32.8. The molecule has 0 aromatic heterocycles. The molecule has 234 valence electrons. The van der Waals surface area contributed by atoms with E-state index in [1.165, 1.54) is 14.2 Å². The summed E-state index contributed by atoms with van der Waals surface area (Å²) in [6.45, 7) is 0.906. The topological polar surface area (TPSA) is 114 Å². The van der Waals surface area contributed by atoms with Gasteiger partial charge in [0.15, 0.2) is 0 Å². The van der Waals surface area contributed by atoms with Crippen LogP contribution < -0.4 is 38.9 Å². The molecule has 2 amide bonds. The van der Waals surface area contributed by atoms with Crippen LogP contribution in [0, 0.1) is 0 Å². The Morgan fingerprint density at radius 3 is 1.40 bits per heavy atom. The summed E-state index contributed by atoms with van der Waals surface area (Å²) in [5, 5.41) is 5.84. The molecule has 0 aliphatic heterocycles. The summed E-state index contributed by atoms with van der Waals surface area (Å²) in [7, 11) is 6.11. The molecule has 0 unspecified atom stereocenters. The first-order valence-corrected chi connectivity index (χ1v) is 14.4. The molecule has 0 saturated carbocycles. The lowest BCUT2D eigenvalue weighted by molar-refractivity contribution is 0.0942. The molecular weight excluding hydrogens is 575 g/mol. The van der Waals surface area contributed by atoms with Crippen molar-refractivity contribution in [1.29, 1.82) is 0 Å². The van der Waals surface area contributed by atoms with Gasteiger partial charge in [-0.3, -0.25) is 9.59 Å². The highest BCUT2D eigenvalue weighted by Gasteiger charge is 2.16. The molecule has 4 aromatic carbocycles. The quantitative estimate of drug-likeness (QED) is 0.179. The van der Waals surface area contributed by atoms with E-state index in [1.807, 2.05) is 48.5 Å². The smallest absolute Gasteiger partial charge is 0.528 e. The molecular formula is C34H37BN2O8. The van der Waals surface area contributed by atoms with Crippen molar-refractivity contribution in [3.8, 4) is 34.5 Å². The van der Waals surface area contributed by atoms with Crippen LogP contribution in [0.25, 0.3) is 0 Å². The average molecular weight is 612 g/mol. The lowest BCUT2D eigenvalue weighted by atomic mass is 10.1. The minimum absolute atomic E-state index is 0.121. The van der Waals surface area contributed by atoms with Gasteiger partial charge in [0.2, 0.25) is 0 Å². The molecule has 11 heteroatoms. The first kappa shape index (κ1) is 32.6. The highest BCUT2D eigenvalue weighted by molar-refractivity contribution is 6.20. The third-order valence-corrected chi connectivity index (χ3v) is 6.95. The number of rotatable bonds is 16. The predicted molar refractivity (Wildman–Crippen MR) is 172 cm³/mol. The molecule has 0 saturated heterocycles. The van der Waals surface area contributed by atoms with Crippen LogP contribution in [0.15, 0.2) is 84.9 Å². The first-order valence-electron chi connectivity index (χ1n) is 14.4. The van der Waals surface area contributed by atoms with Crippen LogP contribution in [0.4, 0.5) is 0 Å². The summed E-state index contributed by atoms with van der Waals surface area (Å²) in [6, 6.07) is 25.3. The minimum atomic E-state index is -0.255. The Kier molecular flexibility index (Phi) is 12.0. The minimum Gasteiger partial charge on any atom is -0.528 e. The van der Waals surface area contributed by atoms with Crippen molar-refractivity contribution in [1.82, 2.24) is 10.6 Å². The Hall–Kier alpha value is -5.32. The van der Waals surface area contributed by atoms with E-state index in [0.29, 0.717) is 60.1 Å². The molecule has 10 nitrogen and oxygen atoms in total. The lowest BCUT2D eigenvalue weighted by Crippen LogP contribution is -2.26. The van der Waals surface area contributed by atoms with Crippen molar-refractivity contribution >= 4 is 19.5 Å². The van der Waals surface area contributed by atoms with E-state index in [0.717, 1.165) is 22.6 Å². The summed E-state index contributed by atoms with van der Waals surface area (Å²) in [5.74, 6) is 2.69. The summed E-state index contributed by atoms with van der Waals surface area (Å²) >= 11 is 0. The molecule has 0 heterocycles. The van der Waals surface area contributed by atoms with Crippen molar-refractivity contribution in [2.75, 3.05) is 41.5 Å². The van der Waals surface area contributed by atoms with E-state index in [1.54, 1.807) is 50.6 Å². The number of nitrogens with one attached hydrogen (secondary N) is 2. The van der Waals surface area contributed by atoms with Gasteiger partial charge in [0.05, 0.1) is 39.6 Å². The fourth-order valence-corrected chi connectivity index (χ4v) is 4.55. The van der Waals surface area contributed by atoms with Gasteiger partial charge in [-0.15, -0.1) is 0 Å². The number of carbonyl (C=O) groups excluding carboxylic acids is 2. The zero-order valence-electron chi connectivity index (χ0n) is 25.9. The van der Waals surface area contributed by atoms with E-state index in [4.69, 9.17) is 28.3 Å². The number of ether oxygens (including phenoxy) is 4. The van der Waals surface area contributed by atoms with Crippen LogP contribution in [0.2, 0.25) is 0 Å². The summed E-state index contributed by atoms with van der Waals surface area (Å²) in [5.41, 5.74) is 2.89. The third-order valence-electron chi connectivity index (χ3n) is 6.95. The molecule has 4 rings (SSSR count). The van der Waals surface area contributed by atoms with Crippen LogP contribution >= 0.6 is 0 Å². The fraction of sp³-hybridized carbons (Fsp3) is 0.235. The van der Waals surface area contributed by atoms with Crippen molar-refractivity contribution in [2.45, 2.75) is 12.8 Å². The molecule has 45 heavy (non-hydrogen) atoms. The SMILES string of the molecule is COc1cccc(CCNC(=O)c2ccc(OBOc3ccc(C(=O)NCCc4cccc(OC)c4)c(OC)c3)cc2OC)c1. The largest absolute Gasteiger partial charge is 0.576 e. The van der Waals surface area contributed by atoms with Gasteiger partial charge in [0.25, 0.3) is 11.8 Å². The fourth-order valence-electron chi connectivity index (χ4n) is 4.55. The number of methoxy groups -OCH3 is 4. The molecule has 0 aliphatic carbocycles. The normalized spacial score (nSPS) is 10.3. The van der Waals surface area contributed by atoms with E-state index < -0.39 is 0 Å². The zero-order chi connectivity index (χ0) is 32.0. The van der Waals surface area contributed by atoms with Crippen molar-refractivity contribution < 1.29 is 37.8 Å². The monoisotopic (exact) mass is 612 g/mol. The zero-order valence-corrected chi connectivity index (χ0v) is 25.9. The van der Waals surface area contributed by atoms with E-state index in [-0.39, 0.29) is 19.5 Å². The second-order valence-corrected chi connectivity index (χ2v) is 9.85. The highest BCUT2D eigenvalue weighted by Crippen LogP contribution is 2.27. The van der Waals surface area contributed by atoms with Gasteiger partial charge in [-0.25, -0.2) is 0 Å². The van der Waals surface area contributed by atoms with Crippen LogP contribution in [-0.2, 0) is 12.8 Å². The van der Waals surface area contributed by atoms with Crippen LogP contribution in [-0.4, -0.2) is 61.0 Å². The lowest BCUT2D eigenvalue weighted by Gasteiger charge is -2.14. The van der Waals surface area contributed by atoms with Crippen molar-refractivity contribution in [3.05, 3.63) is 107 Å². The van der Waals surface area contributed by atoms with Crippen LogP contribution in [0.3, 0.4) is 0 Å². The van der Waals surface area contributed by atoms with Gasteiger partial charge >= 0.3 is 7.69 Å². The van der Waals surface area contributed by atoms with E-state index in [2.05, 4.69) is 10.6 Å². The molecule has 0 bridgehead atoms. The van der Waals surface area contributed by atoms with Crippen LogP contribution in [0.1, 0.15) is 31.8 Å². The highest BCUT2D eigenvalue weighted by atomic mass is 16.6. The van der Waals surface area contributed by atoms with Gasteiger partial charge in [0.1, 0.15) is 34.5 Å². The van der Waals surface area contributed by atoms with Crippen molar-refractivity contribution in [2.24, 2.45) is 0 Å². The maximum atomic E-state index is 12.8. The molecule has 2 N–H and O–H groups in total. The molecule has 0 spiro atoms. The summed E-state index contributed by atoms with van der Waals surface area (Å²) in [4.78, 5) is 25.6. The number of carbonyl (C=O) groups is 2. The second kappa shape index (κ2) is 16.5. The van der Waals surface area contributed by atoms with Gasteiger partial charge in [0, 0.05) is 25.2 Å². The predicted octanol–water partition coefficient (Wildman–Crippen LogP) is 4.39. The standard InChI is InChI=1S/C34H37BN2O8/c1-40-25-9-5-7-23(19-25)15-17-36-33(38)29-13-11-27(21-31(29)42-3)44-35-45-28-12-14-30(32(22-28)43-4)34(39)37-18-16-24-8-6-10-26(20-24)41-2/h5-14,19-22,35H,15-18H2,1-4H3,(H,36,38)(H,37,39). The Balaban J connectivity index is 1.26. The van der Waals surface area contributed by atoms with Gasteiger partial charge in [-0.2, -0.15) is 0 Å². The number of hydrogen-bond acceptors (Lipinski definition) is 8. The number of hydrogen-bond donors (Lipinski definition) is 2. The summed E-state index contributed by atoms with van der Waals surface area (Å²) in [6.07, 6.45) is 1.31. The molecule has 0 fully saturated rings. The Bertz CT molecular complexity index is 1480. The molecule has 0 atom stereocenters. The maximum Gasteiger partial charge on any atom is 0.576 e. The Morgan fingerprint density at radius 2 is 1.00 bits per heavy atom. The Labute approximate surface area is 263 Å². The van der Waals surface area contributed by atoms with Gasteiger partial charge in [-0.1, -0.05) is 24.3 Å². The Morgan fingerprint density at radius 1 is 0.556 bits per heavy atom.